The SMILES string of the molecule is Cc1ccc(CCCCCCCCCCCCCCC(=O)CC(C)(C)C)cc1. The second-order valence-electron chi connectivity index (χ2n) is 10.0. The first-order valence-electron chi connectivity index (χ1n) is 11.9. The summed E-state index contributed by atoms with van der Waals surface area (Å²) in [6.07, 6.45) is 18.9. The van der Waals surface area contributed by atoms with Crippen molar-refractivity contribution in [2.45, 2.75) is 124 Å². The number of ketones is 1. The molecule has 0 radical (unpaired) electrons. The molecule has 160 valence electrons. The van der Waals surface area contributed by atoms with Crippen molar-refractivity contribution in [3.63, 3.8) is 0 Å². The van der Waals surface area contributed by atoms with Gasteiger partial charge < -0.3 is 0 Å². The van der Waals surface area contributed by atoms with Crippen molar-refractivity contribution in [1.29, 1.82) is 0 Å². The van der Waals surface area contributed by atoms with Crippen LogP contribution in [-0.2, 0) is 11.2 Å². The van der Waals surface area contributed by atoms with E-state index in [1.54, 1.807) is 0 Å². The van der Waals surface area contributed by atoms with Gasteiger partial charge in [0.25, 0.3) is 0 Å². The molecule has 0 aliphatic carbocycles. The number of aryl methyl sites for hydroxylation is 2. The highest BCUT2D eigenvalue weighted by molar-refractivity contribution is 5.78. The largest absolute Gasteiger partial charge is 0.300 e. The monoisotopic (exact) mass is 386 g/mol. The fourth-order valence-corrected chi connectivity index (χ4v) is 3.85. The van der Waals surface area contributed by atoms with Crippen molar-refractivity contribution >= 4 is 5.78 Å². The zero-order valence-electron chi connectivity index (χ0n) is 19.3. The molecule has 0 saturated carbocycles. The predicted octanol–water partition coefficient (Wildman–Crippen LogP) is 8.61. The molecule has 0 N–H and O–H groups in total. The van der Waals surface area contributed by atoms with Crippen LogP contribution in [0.25, 0.3) is 0 Å². The standard InChI is InChI=1S/C27H46O/c1-24-19-21-25(22-20-24)17-15-13-11-9-7-5-6-8-10-12-14-16-18-26(28)23-27(2,3)4/h19-22H,5-18,23H2,1-4H3. The van der Waals surface area contributed by atoms with E-state index in [1.165, 1.54) is 88.2 Å². The number of unbranched alkanes of at least 4 members (excludes halogenated alkanes) is 11. The summed E-state index contributed by atoms with van der Waals surface area (Å²) in [6, 6.07) is 9.00. The van der Waals surface area contributed by atoms with Crippen LogP contribution in [-0.4, -0.2) is 5.78 Å². The summed E-state index contributed by atoms with van der Waals surface area (Å²) in [5.74, 6) is 0.450. The molecule has 0 amide bonds. The lowest BCUT2D eigenvalue weighted by atomic mass is 9.88. The second kappa shape index (κ2) is 14.8. The third-order valence-corrected chi connectivity index (χ3v) is 5.52. The molecule has 0 aliphatic heterocycles. The van der Waals surface area contributed by atoms with E-state index >= 15 is 0 Å². The van der Waals surface area contributed by atoms with Crippen LogP contribution in [0.5, 0.6) is 0 Å². The minimum absolute atomic E-state index is 0.151. The van der Waals surface area contributed by atoms with Gasteiger partial charge in [0, 0.05) is 12.8 Å². The number of hydrogen-bond acceptors (Lipinski definition) is 1. The number of hydrogen-bond donors (Lipinski definition) is 0. The maximum absolute atomic E-state index is 11.8. The van der Waals surface area contributed by atoms with Gasteiger partial charge in [-0.05, 0) is 37.2 Å². The first kappa shape index (κ1) is 24.9. The van der Waals surface area contributed by atoms with Crippen LogP contribution < -0.4 is 0 Å². The molecule has 0 aromatic heterocycles. The van der Waals surface area contributed by atoms with Gasteiger partial charge in [0.2, 0.25) is 0 Å². The number of rotatable bonds is 16. The highest BCUT2D eigenvalue weighted by atomic mass is 16.1. The van der Waals surface area contributed by atoms with Crippen molar-refractivity contribution in [1.82, 2.24) is 0 Å². The molecular weight excluding hydrogens is 340 g/mol. The van der Waals surface area contributed by atoms with Crippen LogP contribution in [0.2, 0.25) is 0 Å². The molecule has 1 heteroatoms. The summed E-state index contributed by atoms with van der Waals surface area (Å²) in [5.41, 5.74) is 3.00. The van der Waals surface area contributed by atoms with Gasteiger partial charge in [-0.3, -0.25) is 4.79 Å². The van der Waals surface area contributed by atoms with Crippen LogP contribution in [0.4, 0.5) is 0 Å². The molecule has 0 atom stereocenters. The van der Waals surface area contributed by atoms with Crippen LogP contribution in [0.1, 0.15) is 122 Å². The van der Waals surface area contributed by atoms with E-state index in [0.717, 1.165) is 19.3 Å². The zero-order chi connectivity index (χ0) is 20.7. The van der Waals surface area contributed by atoms with Gasteiger partial charge in [-0.15, -0.1) is 0 Å². The lowest BCUT2D eigenvalue weighted by molar-refractivity contribution is -0.120. The van der Waals surface area contributed by atoms with E-state index in [0.29, 0.717) is 5.78 Å². The summed E-state index contributed by atoms with van der Waals surface area (Å²) in [5, 5.41) is 0. The lowest BCUT2D eigenvalue weighted by Crippen LogP contribution is -2.12. The zero-order valence-corrected chi connectivity index (χ0v) is 19.3. The van der Waals surface area contributed by atoms with E-state index in [-0.39, 0.29) is 5.41 Å². The highest BCUT2D eigenvalue weighted by Gasteiger charge is 2.15. The van der Waals surface area contributed by atoms with Crippen molar-refractivity contribution in [3.05, 3.63) is 35.4 Å². The normalized spacial score (nSPS) is 11.7. The van der Waals surface area contributed by atoms with Gasteiger partial charge in [-0.1, -0.05) is 115 Å². The minimum atomic E-state index is 0.151. The molecule has 1 aromatic rings. The molecule has 0 aliphatic rings. The molecule has 0 saturated heterocycles. The van der Waals surface area contributed by atoms with E-state index in [1.807, 2.05) is 0 Å². The fourth-order valence-electron chi connectivity index (χ4n) is 3.85. The topological polar surface area (TPSA) is 17.1 Å². The third kappa shape index (κ3) is 14.9. The van der Waals surface area contributed by atoms with Gasteiger partial charge in [0.05, 0.1) is 0 Å². The molecule has 0 spiro atoms. The molecule has 0 bridgehead atoms. The van der Waals surface area contributed by atoms with E-state index in [2.05, 4.69) is 52.0 Å². The Morgan fingerprint density at radius 1 is 0.679 bits per heavy atom. The van der Waals surface area contributed by atoms with E-state index in [4.69, 9.17) is 0 Å². The Morgan fingerprint density at radius 2 is 1.11 bits per heavy atom. The van der Waals surface area contributed by atoms with Crippen molar-refractivity contribution < 1.29 is 4.79 Å². The fraction of sp³-hybridized carbons (Fsp3) is 0.741. The Morgan fingerprint density at radius 3 is 1.57 bits per heavy atom. The van der Waals surface area contributed by atoms with Gasteiger partial charge >= 0.3 is 0 Å². The van der Waals surface area contributed by atoms with Crippen LogP contribution in [0.15, 0.2) is 24.3 Å². The van der Waals surface area contributed by atoms with Gasteiger partial charge in [-0.25, -0.2) is 0 Å². The van der Waals surface area contributed by atoms with E-state index in [9.17, 15) is 4.79 Å². The van der Waals surface area contributed by atoms with Crippen LogP contribution in [0, 0.1) is 12.3 Å². The lowest BCUT2D eigenvalue weighted by Gasteiger charge is -2.16. The van der Waals surface area contributed by atoms with Crippen molar-refractivity contribution in [2.24, 2.45) is 5.41 Å². The van der Waals surface area contributed by atoms with Gasteiger partial charge in [-0.2, -0.15) is 0 Å². The molecule has 1 aromatic carbocycles. The molecular formula is C27H46O. The first-order valence-corrected chi connectivity index (χ1v) is 11.9. The van der Waals surface area contributed by atoms with Crippen molar-refractivity contribution in [3.8, 4) is 0 Å². The second-order valence-corrected chi connectivity index (χ2v) is 10.0. The Kier molecular flexibility index (Phi) is 13.2. The summed E-state index contributed by atoms with van der Waals surface area (Å²) in [7, 11) is 0. The van der Waals surface area contributed by atoms with Crippen LogP contribution >= 0.6 is 0 Å². The average Bonchev–Trinajstić information content (AvgIpc) is 2.62. The Balaban J connectivity index is 1.79. The highest BCUT2D eigenvalue weighted by Crippen LogP contribution is 2.20. The number of benzene rings is 1. The summed E-state index contributed by atoms with van der Waals surface area (Å²) < 4.78 is 0. The quantitative estimate of drug-likeness (QED) is 0.260. The molecule has 28 heavy (non-hydrogen) atoms. The molecule has 1 rings (SSSR count). The Hall–Kier alpha value is -1.11. The first-order chi connectivity index (χ1) is 13.4. The average molecular weight is 387 g/mol. The van der Waals surface area contributed by atoms with Gasteiger partial charge in [0.1, 0.15) is 5.78 Å². The molecule has 0 unspecified atom stereocenters. The molecule has 0 fully saturated rings. The number of carbonyl (C=O) groups is 1. The number of Topliss-reactive ketones (excluding diaryl/α,β-unsaturated/α-hetero) is 1. The summed E-state index contributed by atoms with van der Waals surface area (Å²) in [6.45, 7) is 8.60. The number of carbonyl (C=O) groups excluding carboxylic acids is 1. The Bertz CT molecular complexity index is 506. The maximum atomic E-state index is 11.8. The maximum Gasteiger partial charge on any atom is 0.133 e. The Labute approximate surface area is 175 Å². The summed E-state index contributed by atoms with van der Waals surface area (Å²) >= 11 is 0. The summed E-state index contributed by atoms with van der Waals surface area (Å²) in [4.78, 5) is 11.8. The smallest absolute Gasteiger partial charge is 0.133 e. The molecule has 0 heterocycles. The minimum Gasteiger partial charge on any atom is -0.300 e. The van der Waals surface area contributed by atoms with E-state index < -0.39 is 0 Å². The van der Waals surface area contributed by atoms with Crippen LogP contribution in [0.3, 0.4) is 0 Å². The third-order valence-electron chi connectivity index (χ3n) is 5.52. The predicted molar refractivity (Wildman–Crippen MR) is 124 cm³/mol. The molecule has 1 nitrogen and oxygen atoms in total. The van der Waals surface area contributed by atoms with Crippen molar-refractivity contribution in [2.75, 3.05) is 0 Å². The van der Waals surface area contributed by atoms with Gasteiger partial charge in [0.15, 0.2) is 0 Å².